The highest BCUT2D eigenvalue weighted by Crippen LogP contribution is 2.14. The van der Waals surface area contributed by atoms with Crippen LogP contribution in [-0.4, -0.2) is 23.1 Å². The molecule has 1 rings (SSSR count). The van der Waals surface area contributed by atoms with Gasteiger partial charge in [-0.05, 0) is 17.5 Å². The zero-order chi connectivity index (χ0) is 15.1. The summed E-state index contributed by atoms with van der Waals surface area (Å²) >= 11 is 5.97. The van der Waals surface area contributed by atoms with E-state index in [0.29, 0.717) is 11.4 Å². The van der Waals surface area contributed by atoms with Crippen LogP contribution in [0.25, 0.3) is 0 Å². The minimum absolute atomic E-state index is 0.140. The second-order valence-corrected chi connectivity index (χ2v) is 5.03. The number of carboxylic acids is 1. The molecule has 0 aromatic heterocycles. The van der Waals surface area contributed by atoms with Crippen LogP contribution in [0, 0.1) is 5.92 Å². The van der Waals surface area contributed by atoms with E-state index in [1.54, 1.807) is 25.1 Å². The fraction of sp³-hybridized carbons (Fsp3) is 0.429. The van der Waals surface area contributed by atoms with Gasteiger partial charge in [0.1, 0.15) is 6.04 Å². The molecule has 3 N–H and O–H groups in total. The van der Waals surface area contributed by atoms with Crippen molar-refractivity contribution < 1.29 is 14.7 Å². The Morgan fingerprint density at radius 1 is 1.35 bits per heavy atom. The predicted molar refractivity (Wildman–Crippen MR) is 77.7 cm³/mol. The third kappa shape index (κ3) is 4.74. The summed E-state index contributed by atoms with van der Waals surface area (Å²) in [5, 5.41) is 14.7. The van der Waals surface area contributed by atoms with Crippen molar-refractivity contribution >= 4 is 23.6 Å². The minimum atomic E-state index is -1.03. The zero-order valence-electron chi connectivity index (χ0n) is 11.5. The number of urea groups is 1. The molecule has 110 valence electrons. The molecule has 0 bridgehead atoms. The normalized spacial score (nSPS) is 13.3. The fourth-order valence-electron chi connectivity index (χ4n) is 1.69. The molecule has 20 heavy (non-hydrogen) atoms. The van der Waals surface area contributed by atoms with E-state index in [2.05, 4.69) is 10.6 Å². The first kappa shape index (κ1) is 16.3. The summed E-state index contributed by atoms with van der Waals surface area (Å²) in [6.07, 6.45) is 0.668. The molecule has 0 saturated heterocycles. The zero-order valence-corrected chi connectivity index (χ0v) is 12.3. The molecule has 0 aliphatic heterocycles. The highest BCUT2D eigenvalue weighted by Gasteiger charge is 2.25. The minimum Gasteiger partial charge on any atom is -0.480 e. The smallest absolute Gasteiger partial charge is 0.326 e. The molecular formula is C14H19ClN2O3. The van der Waals surface area contributed by atoms with Gasteiger partial charge in [-0.2, -0.15) is 0 Å². The van der Waals surface area contributed by atoms with Gasteiger partial charge < -0.3 is 15.7 Å². The third-order valence-corrected chi connectivity index (χ3v) is 3.53. The number of carbonyl (C=O) groups is 2. The van der Waals surface area contributed by atoms with Gasteiger partial charge in [0.15, 0.2) is 0 Å². The Hall–Kier alpha value is -1.75. The molecule has 5 nitrogen and oxygen atoms in total. The summed E-state index contributed by atoms with van der Waals surface area (Å²) < 4.78 is 0. The van der Waals surface area contributed by atoms with Gasteiger partial charge in [0, 0.05) is 11.6 Å². The van der Waals surface area contributed by atoms with Crippen LogP contribution in [0.15, 0.2) is 24.3 Å². The number of hydrogen-bond acceptors (Lipinski definition) is 2. The van der Waals surface area contributed by atoms with E-state index in [4.69, 9.17) is 16.7 Å². The van der Waals surface area contributed by atoms with Crippen molar-refractivity contribution in [3.63, 3.8) is 0 Å². The van der Waals surface area contributed by atoms with Crippen molar-refractivity contribution in [1.29, 1.82) is 0 Å². The molecule has 0 fully saturated rings. The second-order valence-electron chi connectivity index (χ2n) is 4.62. The molecule has 0 spiro atoms. The van der Waals surface area contributed by atoms with Crippen LogP contribution in [0.5, 0.6) is 0 Å². The Morgan fingerprint density at radius 3 is 2.55 bits per heavy atom. The van der Waals surface area contributed by atoms with Crippen LogP contribution in [0.2, 0.25) is 5.02 Å². The summed E-state index contributed by atoms with van der Waals surface area (Å²) in [6, 6.07) is 5.74. The Balaban J connectivity index is 2.55. The number of rotatable bonds is 6. The number of aliphatic carboxylic acids is 1. The van der Waals surface area contributed by atoms with Gasteiger partial charge in [-0.25, -0.2) is 9.59 Å². The van der Waals surface area contributed by atoms with Gasteiger partial charge in [0.2, 0.25) is 0 Å². The van der Waals surface area contributed by atoms with Crippen LogP contribution in [-0.2, 0) is 11.3 Å². The number of carbonyl (C=O) groups excluding carboxylic acids is 1. The Kier molecular flexibility index (Phi) is 6.31. The van der Waals surface area contributed by atoms with E-state index >= 15 is 0 Å². The lowest BCUT2D eigenvalue weighted by Crippen LogP contribution is -2.48. The quantitative estimate of drug-likeness (QED) is 0.755. The Morgan fingerprint density at radius 2 is 2.00 bits per heavy atom. The average Bonchev–Trinajstić information content (AvgIpc) is 2.42. The molecule has 0 aliphatic rings. The van der Waals surface area contributed by atoms with Crippen molar-refractivity contribution in [1.82, 2.24) is 10.6 Å². The van der Waals surface area contributed by atoms with Crippen LogP contribution < -0.4 is 10.6 Å². The molecule has 0 unspecified atom stereocenters. The van der Waals surface area contributed by atoms with E-state index in [9.17, 15) is 9.59 Å². The Labute approximate surface area is 123 Å². The van der Waals surface area contributed by atoms with Crippen LogP contribution in [0.3, 0.4) is 0 Å². The largest absolute Gasteiger partial charge is 0.480 e. The van der Waals surface area contributed by atoms with E-state index in [-0.39, 0.29) is 12.5 Å². The van der Waals surface area contributed by atoms with Crippen LogP contribution >= 0.6 is 11.6 Å². The van der Waals surface area contributed by atoms with Crippen LogP contribution in [0.1, 0.15) is 25.8 Å². The summed E-state index contributed by atoms with van der Waals surface area (Å²) in [6.45, 7) is 3.91. The molecule has 0 heterocycles. The number of carboxylic acid groups (broad SMARTS) is 1. The molecule has 0 aliphatic carbocycles. The van der Waals surface area contributed by atoms with Crippen molar-refractivity contribution in [2.45, 2.75) is 32.9 Å². The first-order chi connectivity index (χ1) is 9.45. The molecule has 0 saturated carbocycles. The van der Waals surface area contributed by atoms with Crippen molar-refractivity contribution in [2.75, 3.05) is 0 Å². The molecule has 6 heteroatoms. The number of amides is 2. The highest BCUT2D eigenvalue weighted by atomic mass is 35.5. The van der Waals surface area contributed by atoms with E-state index < -0.39 is 18.0 Å². The molecule has 2 atom stereocenters. The van der Waals surface area contributed by atoms with Gasteiger partial charge >= 0.3 is 12.0 Å². The third-order valence-electron chi connectivity index (χ3n) is 3.16. The summed E-state index contributed by atoms with van der Waals surface area (Å²) in [5.41, 5.74) is 0.778. The molecule has 0 radical (unpaired) electrons. The molecular weight excluding hydrogens is 280 g/mol. The number of nitrogens with one attached hydrogen (secondary N) is 2. The topological polar surface area (TPSA) is 78.4 Å². The summed E-state index contributed by atoms with van der Waals surface area (Å²) in [7, 11) is 0. The molecule has 1 aromatic rings. The van der Waals surface area contributed by atoms with Gasteiger partial charge in [-0.1, -0.05) is 50.1 Å². The van der Waals surface area contributed by atoms with Crippen molar-refractivity contribution in [2.24, 2.45) is 5.92 Å². The summed E-state index contributed by atoms with van der Waals surface area (Å²) in [4.78, 5) is 22.8. The van der Waals surface area contributed by atoms with Gasteiger partial charge in [-0.3, -0.25) is 0 Å². The number of hydrogen-bond donors (Lipinski definition) is 3. The lowest BCUT2D eigenvalue weighted by molar-refractivity contribution is -0.140. The van der Waals surface area contributed by atoms with E-state index in [1.807, 2.05) is 13.0 Å². The van der Waals surface area contributed by atoms with E-state index in [0.717, 1.165) is 5.56 Å². The van der Waals surface area contributed by atoms with Crippen molar-refractivity contribution in [3.05, 3.63) is 34.9 Å². The van der Waals surface area contributed by atoms with Crippen LogP contribution in [0.4, 0.5) is 4.79 Å². The average molecular weight is 299 g/mol. The first-order valence-corrected chi connectivity index (χ1v) is 6.84. The molecule has 2 amide bonds. The second kappa shape index (κ2) is 7.75. The molecule has 1 aromatic carbocycles. The highest BCUT2D eigenvalue weighted by molar-refractivity contribution is 6.31. The fourth-order valence-corrected chi connectivity index (χ4v) is 1.90. The van der Waals surface area contributed by atoms with Gasteiger partial charge in [0.25, 0.3) is 0 Å². The maximum absolute atomic E-state index is 11.7. The standard InChI is InChI=1S/C14H19ClN2O3/c1-3-9(2)12(13(18)19)17-14(20)16-8-10-6-4-5-7-11(10)15/h4-7,9,12H,3,8H2,1-2H3,(H,18,19)(H2,16,17,20)/t9-,12-/m0/s1. The first-order valence-electron chi connectivity index (χ1n) is 6.46. The SMILES string of the molecule is CC[C@H](C)[C@H](NC(=O)NCc1ccccc1Cl)C(=O)O. The van der Waals surface area contributed by atoms with E-state index in [1.165, 1.54) is 0 Å². The van der Waals surface area contributed by atoms with Crippen molar-refractivity contribution in [3.8, 4) is 0 Å². The number of halogens is 1. The lowest BCUT2D eigenvalue weighted by Gasteiger charge is -2.20. The maximum atomic E-state index is 11.7. The maximum Gasteiger partial charge on any atom is 0.326 e. The monoisotopic (exact) mass is 298 g/mol. The predicted octanol–water partition coefficient (Wildman–Crippen LogP) is 2.64. The van der Waals surface area contributed by atoms with Gasteiger partial charge in [-0.15, -0.1) is 0 Å². The number of benzene rings is 1. The lowest BCUT2D eigenvalue weighted by atomic mass is 9.99. The summed E-state index contributed by atoms with van der Waals surface area (Å²) in [5.74, 6) is -1.18. The van der Waals surface area contributed by atoms with Gasteiger partial charge in [0.05, 0.1) is 0 Å². The Bertz CT molecular complexity index is 479.